The molecule has 0 saturated heterocycles. The van der Waals surface area contributed by atoms with Gasteiger partial charge in [-0.05, 0) is 24.1 Å². The lowest BCUT2D eigenvalue weighted by molar-refractivity contribution is -0.461. The van der Waals surface area contributed by atoms with Gasteiger partial charge in [0.25, 0.3) is 0 Å². The van der Waals surface area contributed by atoms with Crippen LogP contribution in [0, 0.1) is 0 Å². The number of nitrogens with zero attached hydrogens (tertiary/aromatic N) is 1. The zero-order valence-electron chi connectivity index (χ0n) is 22.4. The molecule has 0 aliphatic heterocycles. The van der Waals surface area contributed by atoms with E-state index in [1.165, 1.54) is 24.3 Å². The number of benzene rings is 1. The van der Waals surface area contributed by atoms with Crippen LogP contribution >= 0.6 is 23.2 Å². The summed E-state index contributed by atoms with van der Waals surface area (Å²) in [5.41, 5.74) is 6.39. The maximum absolute atomic E-state index is 14.0. The number of hydrogen-bond donors (Lipinski definition) is 1. The number of rotatable bonds is 17. The minimum atomic E-state index is -8.72. The Labute approximate surface area is 257 Å². The van der Waals surface area contributed by atoms with Gasteiger partial charge in [-0.25, -0.2) is 0 Å². The molecule has 1 aromatic carbocycles. The Kier molecular flexibility index (Phi) is 12.9. The highest BCUT2D eigenvalue weighted by Gasteiger charge is 2.95. The van der Waals surface area contributed by atoms with Crippen LogP contribution in [0.5, 0.6) is 0 Å². The lowest BCUT2D eigenvalue weighted by Gasteiger charge is -2.42. The Hall–Kier alpha value is -2.16. The van der Waals surface area contributed by atoms with E-state index in [-0.39, 0.29) is 17.3 Å². The van der Waals surface area contributed by atoms with Gasteiger partial charge < -0.3 is 15.4 Å². The summed E-state index contributed by atoms with van der Waals surface area (Å²) >= 11 is 11.4. The molecule has 46 heavy (non-hydrogen) atoms. The molecule has 0 heterocycles. The maximum Gasteiger partial charge on any atom is 0.460 e. The third-order valence-corrected chi connectivity index (χ3v) is 6.55. The summed E-state index contributed by atoms with van der Waals surface area (Å²) in [5, 5.41) is 0. The van der Waals surface area contributed by atoms with E-state index in [2.05, 4.69) is 4.74 Å². The number of carbonyl (C=O) groups excluding carboxylic acids is 1. The molecule has 1 atom stereocenters. The highest BCUT2D eigenvalue weighted by atomic mass is 35.5. The molecule has 0 aromatic heterocycles. The van der Waals surface area contributed by atoms with E-state index >= 15 is 0 Å². The van der Waals surface area contributed by atoms with Crippen molar-refractivity contribution in [1.29, 1.82) is 0 Å². The summed E-state index contributed by atoms with van der Waals surface area (Å²) in [6.07, 6.45) is -11.2. The molecule has 0 radical (unpaired) electrons. The first-order valence-electron chi connectivity index (χ1n) is 12.1. The molecule has 2 N–H and O–H groups in total. The second-order valence-corrected chi connectivity index (χ2v) is 10.2. The van der Waals surface area contributed by atoms with Gasteiger partial charge in [0.1, 0.15) is 6.04 Å². The van der Waals surface area contributed by atoms with Gasteiger partial charge in [-0.15, -0.1) is 23.2 Å². The lowest BCUT2D eigenvalue weighted by Crippen LogP contribution is -2.74. The van der Waals surface area contributed by atoms with Gasteiger partial charge in [-0.2, -0.15) is 74.6 Å². The topological polar surface area (TPSA) is 55.6 Å². The quantitative estimate of drug-likeness (QED) is 0.100. The van der Waals surface area contributed by atoms with Crippen LogP contribution in [0.15, 0.2) is 24.3 Å². The first kappa shape index (κ1) is 41.9. The van der Waals surface area contributed by atoms with Crippen LogP contribution in [0.2, 0.25) is 0 Å². The second-order valence-electron chi connectivity index (χ2n) is 9.41. The monoisotopic (exact) mass is 750 g/mol. The largest absolute Gasteiger partial charge is 0.464 e. The van der Waals surface area contributed by atoms with Crippen molar-refractivity contribution in [2.24, 2.45) is 5.73 Å². The number of alkyl halides is 19. The number of nitrogens with two attached hydrogens (primary N) is 1. The van der Waals surface area contributed by atoms with Crippen LogP contribution in [0.3, 0.4) is 0 Å². The third kappa shape index (κ3) is 7.60. The number of carbonyl (C=O) groups is 1. The van der Waals surface area contributed by atoms with Gasteiger partial charge >= 0.3 is 53.6 Å². The summed E-state index contributed by atoms with van der Waals surface area (Å²) in [6.45, 7) is -1.30. The molecule has 0 aliphatic rings. The first-order valence-corrected chi connectivity index (χ1v) is 13.2. The molecule has 4 nitrogen and oxygen atoms in total. The van der Waals surface area contributed by atoms with Crippen LogP contribution in [-0.2, 0) is 16.0 Å². The van der Waals surface area contributed by atoms with Gasteiger partial charge in [0.2, 0.25) is 0 Å². The average Bonchev–Trinajstić information content (AvgIpc) is 2.91. The van der Waals surface area contributed by atoms with Crippen LogP contribution < -0.4 is 10.6 Å². The van der Waals surface area contributed by atoms with Crippen molar-refractivity contribution in [2.75, 3.05) is 36.4 Å². The molecule has 0 bridgehead atoms. The van der Waals surface area contributed by atoms with Gasteiger partial charge in [0, 0.05) is 30.5 Å². The highest BCUT2D eigenvalue weighted by molar-refractivity contribution is 6.18. The van der Waals surface area contributed by atoms with Gasteiger partial charge in [-0.1, -0.05) is 12.1 Å². The van der Waals surface area contributed by atoms with Crippen LogP contribution in [0.1, 0.15) is 12.0 Å². The van der Waals surface area contributed by atoms with E-state index in [0.717, 1.165) is 0 Å². The molecule has 1 aromatic rings. The molecule has 0 saturated carbocycles. The van der Waals surface area contributed by atoms with Crippen molar-refractivity contribution in [3.63, 3.8) is 0 Å². The minimum absolute atomic E-state index is 0.226. The fraction of sp³-hybridized carbons (Fsp3) is 0.696. The van der Waals surface area contributed by atoms with E-state index < -0.39 is 79.1 Å². The van der Waals surface area contributed by atoms with Crippen LogP contribution in [0.4, 0.5) is 80.3 Å². The Morgan fingerprint density at radius 3 is 1.46 bits per heavy atom. The number of anilines is 1. The zero-order valence-corrected chi connectivity index (χ0v) is 23.9. The summed E-state index contributed by atoms with van der Waals surface area (Å²) < 4.78 is 231. The molecule has 1 rings (SSSR count). The third-order valence-electron chi connectivity index (χ3n) is 6.22. The predicted molar refractivity (Wildman–Crippen MR) is 128 cm³/mol. The summed E-state index contributed by atoms with van der Waals surface area (Å²) in [4.78, 5) is 13.7. The summed E-state index contributed by atoms with van der Waals surface area (Å²) in [5.74, 6) is -58.4. The van der Waals surface area contributed by atoms with Crippen LogP contribution in [-0.4, -0.2) is 91.1 Å². The molecule has 268 valence electrons. The summed E-state index contributed by atoms with van der Waals surface area (Å²) in [6, 6.07) is 4.12. The molecular weight excluding hydrogens is 730 g/mol. The smallest absolute Gasteiger partial charge is 0.460 e. The number of ether oxygens (including phenoxy) is 1. The fourth-order valence-corrected chi connectivity index (χ4v) is 3.90. The predicted octanol–water partition coefficient (Wildman–Crippen LogP) is 7.78. The van der Waals surface area contributed by atoms with Gasteiger partial charge in [0.05, 0.1) is 13.0 Å². The first-order chi connectivity index (χ1) is 20.5. The van der Waals surface area contributed by atoms with Crippen molar-refractivity contribution in [3.8, 4) is 0 Å². The fourth-order valence-electron chi connectivity index (χ4n) is 3.49. The Morgan fingerprint density at radius 1 is 0.674 bits per heavy atom. The molecule has 23 heteroatoms. The van der Waals surface area contributed by atoms with Crippen molar-refractivity contribution in [2.45, 2.75) is 66.5 Å². The Balaban J connectivity index is 3.07. The average molecular weight is 751 g/mol. The van der Waals surface area contributed by atoms with Gasteiger partial charge in [-0.3, -0.25) is 4.79 Å². The Morgan fingerprint density at radius 2 is 1.07 bits per heavy atom. The molecule has 0 fully saturated rings. The highest BCUT2D eigenvalue weighted by Crippen LogP contribution is 2.64. The van der Waals surface area contributed by atoms with Crippen molar-refractivity contribution >= 4 is 34.9 Å². The van der Waals surface area contributed by atoms with E-state index in [1.807, 2.05) is 0 Å². The number of esters is 1. The second kappa shape index (κ2) is 14.1. The minimum Gasteiger partial charge on any atom is -0.464 e. The Bertz CT molecular complexity index is 1160. The van der Waals surface area contributed by atoms with Crippen LogP contribution in [0.25, 0.3) is 0 Å². The molecule has 0 spiro atoms. The van der Waals surface area contributed by atoms with E-state index in [1.54, 1.807) is 4.90 Å². The van der Waals surface area contributed by atoms with Crippen molar-refractivity contribution < 1.29 is 84.2 Å². The molecule has 0 unspecified atom stereocenters. The van der Waals surface area contributed by atoms with Crippen molar-refractivity contribution in [3.05, 3.63) is 29.8 Å². The molecular formula is C23H21Cl2F17N2O2. The maximum atomic E-state index is 14.0. The van der Waals surface area contributed by atoms with Gasteiger partial charge in [0.15, 0.2) is 0 Å². The number of hydrogen-bond acceptors (Lipinski definition) is 4. The van der Waals surface area contributed by atoms with E-state index in [4.69, 9.17) is 28.9 Å². The van der Waals surface area contributed by atoms with Crippen molar-refractivity contribution in [1.82, 2.24) is 0 Å². The molecule has 0 amide bonds. The number of halogens is 19. The van der Waals surface area contributed by atoms with E-state index in [0.29, 0.717) is 18.8 Å². The normalized spacial score (nSPS) is 15.1. The standard InChI is InChI=1S/C23H21Cl2F17N2O2/c24-6-8-44(9-7-25)13-3-1-12(2-4-13)11-14(43)15(45)46-10-5-16(26,27)17(28,29)18(30,31)19(32,33)20(34,35)21(36,37)22(38,39)23(40,41)42/h1-4,14H,5-11,43H2/t14-/m0/s1. The molecule has 0 aliphatic carbocycles. The lowest BCUT2D eigenvalue weighted by atomic mass is 9.88. The van der Waals surface area contributed by atoms with E-state index in [9.17, 15) is 79.4 Å². The zero-order chi connectivity index (χ0) is 36.4. The SMILES string of the molecule is N[C@@H](Cc1ccc(N(CCCl)CCCl)cc1)C(=O)OCCC(F)(F)C(F)(F)C(F)(F)C(F)(F)C(F)(F)C(F)(F)C(F)(F)C(F)(F)F. The summed E-state index contributed by atoms with van der Waals surface area (Å²) in [7, 11) is 0.